The van der Waals surface area contributed by atoms with E-state index in [2.05, 4.69) is 26.1 Å². The maximum atomic E-state index is 12.9. The van der Waals surface area contributed by atoms with Gasteiger partial charge in [-0.2, -0.15) is 0 Å². The van der Waals surface area contributed by atoms with Crippen molar-refractivity contribution in [1.29, 1.82) is 0 Å². The third-order valence-electron chi connectivity index (χ3n) is 1.56. The van der Waals surface area contributed by atoms with Crippen LogP contribution in [0.25, 0.3) is 11.5 Å². The first-order valence-electron chi connectivity index (χ1n) is 3.61. The van der Waals surface area contributed by atoms with Gasteiger partial charge in [0.15, 0.2) is 0 Å². The van der Waals surface area contributed by atoms with Crippen molar-refractivity contribution in [3.05, 3.63) is 32.4 Å². The summed E-state index contributed by atoms with van der Waals surface area (Å²) in [5, 5.41) is 7.46. The van der Waals surface area contributed by atoms with Crippen molar-refractivity contribution >= 4 is 38.5 Å². The van der Waals surface area contributed by atoms with Crippen LogP contribution in [0.2, 0.25) is 0 Å². The molecule has 0 saturated carbocycles. The van der Waals surface area contributed by atoms with Gasteiger partial charge >= 0.3 is 0 Å². The Hall–Kier alpha value is -0.500. The van der Waals surface area contributed by atoms with Gasteiger partial charge in [0, 0.05) is 27.1 Å². The zero-order valence-electron chi connectivity index (χ0n) is 6.67. The highest BCUT2D eigenvalue weighted by Gasteiger charge is 2.11. The average molecular weight is 369 g/mol. The van der Waals surface area contributed by atoms with Gasteiger partial charge in [0.2, 0.25) is 5.89 Å². The summed E-state index contributed by atoms with van der Waals surface area (Å²) in [6.07, 6.45) is 0. The van der Waals surface area contributed by atoms with Crippen LogP contribution in [0, 0.1) is 9.71 Å². The second-order valence-corrected chi connectivity index (χ2v) is 4.26. The highest BCUT2D eigenvalue weighted by molar-refractivity contribution is 14.1. The van der Waals surface area contributed by atoms with Gasteiger partial charge in [-0.05, 0) is 34.1 Å². The summed E-state index contributed by atoms with van der Waals surface area (Å²) in [5.74, 6) is -0.0304. The number of aromatic nitrogens is 2. The molecule has 2 rings (SSSR count). The van der Waals surface area contributed by atoms with E-state index in [1.54, 1.807) is 6.07 Å². The Morgan fingerprint density at radius 1 is 1.36 bits per heavy atom. The molecular weight excluding hydrogens is 366 g/mol. The molecular formula is C8H3BrFIN2O. The fourth-order valence-corrected chi connectivity index (χ4v) is 1.71. The summed E-state index contributed by atoms with van der Waals surface area (Å²) in [6.45, 7) is 0. The molecule has 6 heteroatoms. The van der Waals surface area contributed by atoms with E-state index in [0.29, 0.717) is 15.4 Å². The van der Waals surface area contributed by atoms with E-state index in [9.17, 15) is 4.39 Å². The van der Waals surface area contributed by atoms with Gasteiger partial charge in [-0.3, -0.25) is 0 Å². The van der Waals surface area contributed by atoms with Crippen molar-refractivity contribution in [1.82, 2.24) is 10.2 Å². The van der Waals surface area contributed by atoms with Crippen LogP contribution in [0.5, 0.6) is 0 Å². The van der Waals surface area contributed by atoms with Gasteiger partial charge in [0.25, 0.3) is 3.90 Å². The third kappa shape index (κ3) is 1.95. The summed E-state index contributed by atoms with van der Waals surface area (Å²) in [7, 11) is 0. The monoisotopic (exact) mass is 368 g/mol. The van der Waals surface area contributed by atoms with Crippen LogP contribution in [-0.2, 0) is 0 Å². The van der Waals surface area contributed by atoms with Crippen LogP contribution in [0.1, 0.15) is 0 Å². The molecule has 1 aromatic heterocycles. The molecule has 14 heavy (non-hydrogen) atoms. The summed E-state index contributed by atoms with van der Waals surface area (Å²) in [4.78, 5) is 0. The minimum atomic E-state index is -0.337. The fraction of sp³-hybridized carbons (Fsp3) is 0. The molecule has 0 aliphatic rings. The predicted molar refractivity (Wildman–Crippen MR) is 60.1 cm³/mol. The van der Waals surface area contributed by atoms with Gasteiger partial charge in [-0.15, -0.1) is 10.2 Å². The molecule has 2 aromatic rings. The first-order valence-corrected chi connectivity index (χ1v) is 5.48. The van der Waals surface area contributed by atoms with E-state index in [1.807, 2.05) is 22.6 Å². The molecule has 0 unspecified atom stereocenters. The smallest absolute Gasteiger partial charge is 0.278 e. The lowest BCUT2D eigenvalue weighted by atomic mass is 10.2. The number of rotatable bonds is 1. The second-order valence-electron chi connectivity index (χ2n) is 2.48. The molecule has 0 N–H and O–H groups in total. The summed E-state index contributed by atoms with van der Waals surface area (Å²) >= 11 is 5.18. The lowest BCUT2D eigenvalue weighted by molar-refractivity contribution is 0.535. The first-order chi connectivity index (χ1) is 6.66. The second kappa shape index (κ2) is 3.93. The number of hydrogen-bond acceptors (Lipinski definition) is 3. The maximum absolute atomic E-state index is 12.9. The Balaban J connectivity index is 2.55. The lowest BCUT2D eigenvalue weighted by Gasteiger charge is -1.98. The first kappa shape index (κ1) is 10.0. The molecule has 0 aliphatic carbocycles. The van der Waals surface area contributed by atoms with E-state index in [4.69, 9.17) is 4.42 Å². The molecule has 3 nitrogen and oxygen atoms in total. The average Bonchev–Trinajstić information content (AvgIpc) is 2.56. The molecule has 0 bridgehead atoms. The van der Waals surface area contributed by atoms with E-state index < -0.39 is 0 Å². The number of hydrogen-bond donors (Lipinski definition) is 0. The highest BCUT2D eigenvalue weighted by Crippen LogP contribution is 2.27. The van der Waals surface area contributed by atoms with E-state index in [0.717, 1.165) is 4.47 Å². The Bertz CT molecular complexity index is 474. The van der Waals surface area contributed by atoms with Crippen LogP contribution in [0.4, 0.5) is 4.39 Å². The van der Waals surface area contributed by atoms with Gasteiger partial charge in [-0.25, -0.2) is 4.39 Å². The number of benzene rings is 1. The van der Waals surface area contributed by atoms with Crippen molar-refractivity contribution in [2.75, 3.05) is 0 Å². The normalized spacial score (nSPS) is 10.5. The fourth-order valence-electron chi connectivity index (χ4n) is 0.976. The Kier molecular flexibility index (Phi) is 2.82. The van der Waals surface area contributed by atoms with E-state index in [-0.39, 0.29) is 5.82 Å². The quantitative estimate of drug-likeness (QED) is 0.725. The Morgan fingerprint density at radius 2 is 2.14 bits per heavy atom. The van der Waals surface area contributed by atoms with Crippen LogP contribution >= 0.6 is 38.5 Å². The molecule has 0 aliphatic heterocycles. The topological polar surface area (TPSA) is 38.9 Å². The molecule has 0 fully saturated rings. The summed E-state index contributed by atoms with van der Waals surface area (Å²) in [5.41, 5.74) is 0.556. The molecule has 1 heterocycles. The van der Waals surface area contributed by atoms with Crippen LogP contribution < -0.4 is 0 Å². The van der Waals surface area contributed by atoms with Crippen LogP contribution in [0.15, 0.2) is 27.1 Å². The SMILES string of the molecule is Fc1ccc(Br)c(-c2nnc(I)o2)c1. The molecule has 0 saturated heterocycles. The molecule has 0 spiro atoms. The van der Waals surface area contributed by atoms with Crippen molar-refractivity contribution in [3.8, 4) is 11.5 Å². The third-order valence-corrected chi connectivity index (χ3v) is 2.69. The van der Waals surface area contributed by atoms with Gasteiger partial charge in [0.1, 0.15) is 5.82 Å². The molecule has 0 atom stereocenters. The number of halogens is 3. The van der Waals surface area contributed by atoms with Crippen molar-refractivity contribution in [2.24, 2.45) is 0 Å². The van der Waals surface area contributed by atoms with Crippen LogP contribution in [0.3, 0.4) is 0 Å². The zero-order chi connectivity index (χ0) is 10.1. The van der Waals surface area contributed by atoms with Crippen LogP contribution in [-0.4, -0.2) is 10.2 Å². The van der Waals surface area contributed by atoms with E-state index >= 15 is 0 Å². The minimum absolute atomic E-state index is 0.306. The Labute approximate surface area is 101 Å². The lowest BCUT2D eigenvalue weighted by Crippen LogP contribution is -1.82. The van der Waals surface area contributed by atoms with Crippen molar-refractivity contribution in [3.63, 3.8) is 0 Å². The predicted octanol–water partition coefficient (Wildman–Crippen LogP) is 3.24. The number of nitrogens with zero attached hydrogens (tertiary/aromatic N) is 2. The zero-order valence-corrected chi connectivity index (χ0v) is 10.4. The van der Waals surface area contributed by atoms with Gasteiger partial charge in [0.05, 0.1) is 5.56 Å². The van der Waals surface area contributed by atoms with E-state index in [1.165, 1.54) is 12.1 Å². The summed E-state index contributed by atoms with van der Waals surface area (Å²) < 4.78 is 19.2. The standard InChI is InChI=1S/C8H3BrFIN2O/c9-6-2-1-4(10)3-5(6)7-12-13-8(11)14-7/h1-3H. The minimum Gasteiger partial charge on any atom is -0.412 e. The molecule has 0 radical (unpaired) electrons. The molecule has 1 aromatic carbocycles. The largest absolute Gasteiger partial charge is 0.412 e. The maximum Gasteiger partial charge on any atom is 0.278 e. The van der Waals surface area contributed by atoms with Crippen molar-refractivity contribution < 1.29 is 8.81 Å². The van der Waals surface area contributed by atoms with Gasteiger partial charge in [-0.1, -0.05) is 0 Å². The molecule has 72 valence electrons. The molecule has 0 amide bonds. The van der Waals surface area contributed by atoms with Crippen molar-refractivity contribution in [2.45, 2.75) is 0 Å². The highest BCUT2D eigenvalue weighted by atomic mass is 127. The van der Waals surface area contributed by atoms with Gasteiger partial charge < -0.3 is 4.42 Å². The Morgan fingerprint density at radius 3 is 2.79 bits per heavy atom. The summed E-state index contributed by atoms with van der Waals surface area (Å²) in [6, 6.07) is 4.30.